The summed E-state index contributed by atoms with van der Waals surface area (Å²) < 4.78 is 0. The molecule has 1 unspecified atom stereocenters. The van der Waals surface area contributed by atoms with Crippen molar-refractivity contribution in [3.8, 4) is 0 Å². The van der Waals surface area contributed by atoms with E-state index < -0.39 is 0 Å². The zero-order chi connectivity index (χ0) is 12.0. The number of amides is 1. The molecule has 1 saturated carbocycles. The van der Waals surface area contributed by atoms with Crippen LogP contribution in [0.1, 0.15) is 58.8 Å². The highest BCUT2D eigenvalue weighted by atomic mass is 16.2. The highest BCUT2D eigenvalue weighted by Crippen LogP contribution is 2.40. The summed E-state index contributed by atoms with van der Waals surface area (Å²) in [5.74, 6) is 0.260. The average molecular weight is 226 g/mol. The number of carbonyl (C=O) groups is 1. The standard InChI is InChI=1S/C13H26N2O/c1-3-11(14)7-10-15-12(16)13(4-2)8-5-6-9-13/h11H,3-10,14H2,1-2H3,(H,15,16). The first-order valence-corrected chi connectivity index (χ1v) is 6.68. The lowest BCUT2D eigenvalue weighted by atomic mass is 9.82. The SMILES string of the molecule is CCC(N)CCNC(=O)C1(CC)CCCC1. The first-order chi connectivity index (χ1) is 7.64. The molecule has 0 radical (unpaired) electrons. The number of nitrogens with one attached hydrogen (secondary N) is 1. The van der Waals surface area contributed by atoms with Crippen LogP contribution < -0.4 is 11.1 Å². The van der Waals surface area contributed by atoms with E-state index in [2.05, 4.69) is 19.2 Å². The van der Waals surface area contributed by atoms with Gasteiger partial charge in [-0.3, -0.25) is 4.79 Å². The van der Waals surface area contributed by atoms with Gasteiger partial charge in [0.25, 0.3) is 0 Å². The summed E-state index contributed by atoms with van der Waals surface area (Å²) in [6, 6.07) is 0.224. The van der Waals surface area contributed by atoms with Crippen LogP contribution in [0.3, 0.4) is 0 Å². The highest BCUT2D eigenvalue weighted by molar-refractivity contribution is 5.82. The van der Waals surface area contributed by atoms with Gasteiger partial charge in [-0.1, -0.05) is 26.7 Å². The van der Waals surface area contributed by atoms with Crippen LogP contribution in [0.2, 0.25) is 0 Å². The molecule has 1 aliphatic rings. The van der Waals surface area contributed by atoms with E-state index >= 15 is 0 Å². The zero-order valence-corrected chi connectivity index (χ0v) is 10.7. The third-order valence-corrected chi connectivity index (χ3v) is 4.04. The van der Waals surface area contributed by atoms with Gasteiger partial charge in [0, 0.05) is 18.0 Å². The summed E-state index contributed by atoms with van der Waals surface area (Å²) in [4.78, 5) is 12.1. The van der Waals surface area contributed by atoms with Gasteiger partial charge in [0.15, 0.2) is 0 Å². The van der Waals surface area contributed by atoms with Crippen LogP contribution in [0.15, 0.2) is 0 Å². The molecular weight excluding hydrogens is 200 g/mol. The van der Waals surface area contributed by atoms with Gasteiger partial charge < -0.3 is 11.1 Å². The van der Waals surface area contributed by atoms with E-state index in [0.717, 1.165) is 38.6 Å². The lowest BCUT2D eigenvalue weighted by Gasteiger charge is -2.26. The lowest BCUT2D eigenvalue weighted by molar-refractivity contribution is -0.131. The van der Waals surface area contributed by atoms with Gasteiger partial charge in [-0.25, -0.2) is 0 Å². The number of nitrogens with two attached hydrogens (primary N) is 1. The average Bonchev–Trinajstić information content (AvgIpc) is 2.78. The molecular formula is C13H26N2O. The molecule has 3 N–H and O–H groups in total. The summed E-state index contributed by atoms with van der Waals surface area (Å²) in [5.41, 5.74) is 5.77. The Kier molecular flexibility index (Phi) is 5.26. The second kappa shape index (κ2) is 6.24. The van der Waals surface area contributed by atoms with Crippen LogP contribution in [0.5, 0.6) is 0 Å². The number of carbonyl (C=O) groups excluding carboxylic acids is 1. The maximum absolute atomic E-state index is 12.1. The lowest BCUT2D eigenvalue weighted by Crippen LogP contribution is -2.40. The van der Waals surface area contributed by atoms with Crippen molar-refractivity contribution in [1.82, 2.24) is 5.32 Å². The van der Waals surface area contributed by atoms with Gasteiger partial charge in [0.1, 0.15) is 0 Å². The van der Waals surface area contributed by atoms with Crippen molar-refractivity contribution in [2.75, 3.05) is 6.54 Å². The van der Waals surface area contributed by atoms with Crippen LogP contribution in [0.4, 0.5) is 0 Å². The minimum atomic E-state index is -0.0592. The molecule has 1 fully saturated rings. The van der Waals surface area contributed by atoms with E-state index in [1.165, 1.54) is 12.8 Å². The van der Waals surface area contributed by atoms with E-state index in [1.54, 1.807) is 0 Å². The molecule has 0 aliphatic heterocycles. The normalized spacial score (nSPS) is 20.7. The second-order valence-electron chi connectivity index (χ2n) is 5.05. The maximum Gasteiger partial charge on any atom is 0.226 e. The predicted molar refractivity (Wildman–Crippen MR) is 67.1 cm³/mol. The van der Waals surface area contributed by atoms with Gasteiger partial charge in [0.05, 0.1) is 0 Å². The molecule has 1 amide bonds. The molecule has 1 aliphatic carbocycles. The van der Waals surface area contributed by atoms with E-state index in [-0.39, 0.29) is 17.4 Å². The Morgan fingerprint density at radius 1 is 1.38 bits per heavy atom. The van der Waals surface area contributed by atoms with Crippen molar-refractivity contribution in [3.05, 3.63) is 0 Å². The second-order valence-corrected chi connectivity index (χ2v) is 5.05. The van der Waals surface area contributed by atoms with Gasteiger partial charge >= 0.3 is 0 Å². The number of hydrogen-bond acceptors (Lipinski definition) is 2. The predicted octanol–water partition coefficient (Wildman–Crippen LogP) is 2.20. The highest BCUT2D eigenvalue weighted by Gasteiger charge is 2.38. The third-order valence-electron chi connectivity index (χ3n) is 4.04. The number of hydrogen-bond donors (Lipinski definition) is 2. The van der Waals surface area contributed by atoms with Crippen LogP contribution in [0, 0.1) is 5.41 Å². The van der Waals surface area contributed by atoms with E-state index in [4.69, 9.17) is 5.73 Å². The van der Waals surface area contributed by atoms with Gasteiger partial charge in [-0.05, 0) is 32.1 Å². The Hall–Kier alpha value is -0.570. The molecule has 0 spiro atoms. The largest absolute Gasteiger partial charge is 0.356 e. The summed E-state index contributed by atoms with van der Waals surface area (Å²) in [6.45, 7) is 4.94. The van der Waals surface area contributed by atoms with Crippen LogP contribution in [-0.2, 0) is 4.79 Å². The quantitative estimate of drug-likeness (QED) is 0.729. The Morgan fingerprint density at radius 2 is 2.00 bits per heavy atom. The molecule has 1 rings (SSSR count). The molecule has 1 atom stereocenters. The van der Waals surface area contributed by atoms with Crippen molar-refractivity contribution in [3.63, 3.8) is 0 Å². The van der Waals surface area contributed by atoms with Crippen LogP contribution in [0.25, 0.3) is 0 Å². The molecule has 0 aromatic carbocycles. The molecule has 0 bridgehead atoms. The molecule has 16 heavy (non-hydrogen) atoms. The summed E-state index contributed by atoms with van der Waals surface area (Å²) in [7, 11) is 0. The maximum atomic E-state index is 12.1. The molecule has 3 heteroatoms. The Balaban J connectivity index is 2.33. The molecule has 0 saturated heterocycles. The zero-order valence-electron chi connectivity index (χ0n) is 10.7. The third kappa shape index (κ3) is 3.21. The molecule has 0 heterocycles. The summed E-state index contributed by atoms with van der Waals surface area (Å²) in [6.07, 6.45) is 7.38. The van der Waals surface area contributed by atoms with Gasteiger partial charge in [-0.15, -0.1) is 0 Å². The minimum absolute atomic E-state index is 0.0592. The topological polar surface area (TPSA) is 55.1 Å². The summed E-state index contributed by atoms with van der Waals surface area (Å²) >= 11 is 0. The Labute approximate surface area is 99.2 Å². The van der Waals surface area contributed by atoms with Gasteiger partial charge in [-0.2, -0.15) is 0 Å². The molecule has 0 aromatic rings. The fraction of sp³-hybridized carbons (Fsp3) is 0.923. The Morgan fingerprint density at radius 3 is 2.50 bits per heavy atom. The number of rotatable bonds is 6. The van der Waals surface area contributed by atoms with Crippen molar-refractivity contribution in [1.29, 1.82) is 0 Å². The summed E-state index contributed by atoms with van der Waals surface area (Å²) in [5, 5.41) is 3.06. The van der Waals surface area contributed by atoms with E-state index in [1.807, 2.05) is 0 Å². The minimum Gasteiger partial charge on any atom is -0.356 e. The monoisotopic (exact) mass is 226 g/mol. The van der Waals surface area contributed by atoms with Crippen molar-refractivity contribution in [2.45, 2.75) is 64.8 Å². The van der Waals surface area contributed by atoms with Crippen molar-refractivity contribution in [2.24, 2.45) is 11.1 Å². The molecule has 0 aromatic heterocycles. The fourth-order valence-electron chi connectivity index (χ4n) is 2.56. The van der Waals surface area contributed by atoms with Crippen molar-refractivity contribution < 1.29 is 4.79 Å². The fourth-order valence-corrected chi connectivity index (χ4v) is 2.56. The molecule has 94 valence electrons. The first kappa shape index (κ1) is 13.5. The Bertz CT molecular complexity index is 222. The smallest absolute Gasteiger partial charge is 0.226 e. The van der Waals surface area contributed by atoms with Crippen molar-refractivity contribution >= 4 is 5.91 Å². The molecule has 3 nitrogen and oxygen atoms in total. The van der Waals surface area contributed by atoms with E-state index in [9.17, 15) is 4.79 Å². The van der Waals surface area contributed by atoms with Crippen LogP contribution in [-0.4, -0.2) is 18.5 Å². The van der Waals surface area contributed by atoms with Crippen LogP contribution >= 0.6 is 0 Å². The van der Waals surface area contributed by atoms with E-state index in [0.29, 0.717) is 0 Å². The van der Waals surface area contributed by atoms with Gasteiger partial charge in [0.2, 0.25) is 5.91 Å². The first-order valence-electron chi connectivity index (χ1n) is 6.68.